The van der Waals surface area contributed by atoms with Crippen LogP contribution in [0.3, 0.4) is 0 Å². The number of hydrogen-bond acceptors (Lipinski definition) is 11. The van der Waals surface area contributed by atoms with Crippen LogP contribution in [0.2, 0.25) is 0 Å². The number of ether oxygens (including phenoxy) is 2. The molecule has 4 atom stereocenters. The molecule has 1 fully saturated rings. The molecular weight excluding hydrogens is 593 g/mol. The van der Waals surface area contributed by atoms with Crippen molar-refractivity contribution >= 4 is 17.7 Å². The van der Waals surface area contributed by atoms with E-state index in [0.717, 1.165) is 4.57 Å². The van der Waals surface area contributed by atoms with Crippen LogP contribution < -0.4 is 20.5 Å². The number of aromatic nitrogens is 2. The van der Waals surface area contributed by atoms with Crippen molar-refractivity contribution in [1.82, 2.24) is 9.55 Å². The molecule has 1 unspecified atom stereocenters. The molecule has 1 aliphatic rings. The number of phosphoric acid groups is 1. The Morgan fingerprint density at radius 1 is 1.12 bits per heavy atom. The van der Waals surface area contributed by atoms with Crippen LogP contribution >= 0.6 is 7.82 Å². The van der Waals surface area contributed by atoms with E-state index in [1.807, 2.05) is 0 Å². The predicted octanol–water partition coefficient (Wildman–Crippen LogP) is 3.51. The molecule has 1 N–H and O–H groups in total. The Balaban J connectivity index is 1.51. The van der Waals surface area contributed by atoms with Gasteiger partial charge in [0, 0.05) is 23.1 Å². The van der Waals surface area contributed by atoms with Crippen LogP contribution in [-0.2, 0) is 28.2 Å². The van der Waals surface area contributed by atoms with Crippen molar-refractivity contribution < 1.29 is 36.0 Å². The van der Waals surface area contributed by atoms with Gasteiger partial charge in [0.1, 0.15) is 17.7 Å². The van der Waals surface area contributed by atoms with Crippen LogP contribution in [0.25, 0.3) is 10.4 Å². The summed E-state index contributed by atoms with van der Waals surface area (Å²) in [6.45, 7) is 0.498. The average Bonchev–Trinajstić information content (AvgIpc) is 3.37. The van der Waals surface area contributed by atoms with Crippen molar-refractivity contribution in [2.45, 2.75) is 36.6 Å². The van der Waals surface area contributed by atoms with Crippen LogP contribution in [0.1, 0.15) is 18.2 Å². The first-order valence-electron chi connectivity index (χ1n) is 12.6. The second-order valence-electron chi connectivity index (χ2n) is 9.09. The fourth-order valence-corrected chi connectivity index (χ4v) is 6.49. The summed E-state index contributed by atoms with van der Waals surface area (Å²) in [5, 5.41) is 3.71. The van der Waals surface area contributed by atoms with Gasteiger partial charge in [0.2, 0.25) is 0 Å². The van der Waals surface area contributed by atoms with E-state index in [-0.39, 0.29) is 22.6 Å². The van der Waals surface area contributed by atoms with Gasteiger partial charge in [0.05, 0.1) is 43.1 Å². The normalized spacial score (nSPS) is 19.9. The lowest BCUT2D eigenvalue weighted by atomic mass is 10.1. The Hall–Kier alpha value is -3.91. The first-order chi connectivity index (χ1) is 20.0. The van der Waals surface area contributed by atoms with Crippen molar-refractivity contribution in [3.8, 4) is 11.5 Å². The van der Waals surface area contributed by atoms with Gasteiger partial charge in [-0.3, -0.25) is 23.4 Å². The molecule has 2 aromatic carbocycles. The van der Waals surface area contributed by atoms with Gasteiger partial charge in [-0.1, -0.05) is 23.3 Å². The Bertz CT molecular complexity index is 1710. The van der Waals surface area contributed by atoms with Gasteiger partial charge in [-0.15, -0.1) is 0 Å². The summed E-state index contributed by atoms with van der Waals surface area (Å²) in [6, 6.07) is 12.8. The topological polar surface area (TPSA) is 201 Å². The zero-order valence-electron chi connectivity index (χ0n) is 22.6. The van der Waals surface area contributed by atoms with E-state index < -0.39 is 66.2 Å². The SMILES string of the molecule is COc1ccc(OP(=O)(OCCS(=O)(=O)c2ccccc2)OC[C@H]2O[C@@H](n3cc(C)c(=O)[nH]c3=O)C[C@@H]2N=[N+]=[N-])cc1. The van der Waals surface area contributed by atoms with E-state index in [9.17, 15) is 22.6 Å². The fourth-order valence-electron chi connectivity index (χ4n) is 4.05. The number of benzene rings is 2. The lowest BCUT2D eigenvalue weighted by molar-refractivity contribution is -0.0277. The van der Waals surface area contributed by atoms with Gasteiger partial charge in [0.25, 0.3) is 5.56 Å². The number of hydrogen-bond donors (Lipinski definition) is 1. The van der Waals surface area contributed by atoms with Crippen molar-refractivity contribution in [1.29, 1.82) is 0 Å². The molecule has 0 bridgehead atoms. The zero-order valence-corrected chi connectivity index (χ0v) is 24.3. The summed E-state index contributed by atoms with van der Waals surface area (Å²) >= 11 is 0. The molecule has 1 saturated heterocycles. The summed E-state index contributed by atoms with van der Waals surface area (Å²) in [7, 11) is -6.79. The largest absolute Gasteiger partial charge is 0.530 e. The molecule has 4 rings (SSSR count). The molecule has 17 heteroatoms. The molecule has 1 aromatic heterocycles. The van der Waals surface area contributed by atoms with Gasteiger partial charge in [-0.05, 0) is 48.9 Å². The number of aryl methyl sites for hydroxylation is 1. The maximum atomic E-state index is 13.7. The van der Waals surface area contributed by atoms with Gasteiger partial charge >= 0.3 is 13.5 Å². The minimum Gasteiger partial charge on any atom is -0.497 e. The number of nitrogens with one attached hydrogen (secondary N) is 1. The zero-order chi connectivity index (χ0) is 30.3. The third-order valence-electron chi connectivity index (χ3n) is 6.24. The van der Waals surface area contributed by atoms with Crippen molar-refractivity contribution in [2.75, 3.05) is 26.1 Å². The van der Waals surface area contributed by atoms with Crippen LogP contribution in [0.5, 0.6) is 11.5 Å². The van der Waals surface area contributed by atoms with E-state index in [2.05, 4.69) is 15.0 Å². The van der Waals surface area contributed by atoms with Crippen molar-refractivity contribution in [3.63, 3.8) is 0 Å². The highest BCUT2D eigenvalue weighted by atomic mass is 32.2. The fraction of sp³-hybridized carbons (Fsp3) is 0.360. The van der Waals surface area contributed by atoms with Gasteiger partial charge in [0.15, 0.2) is 9.84 Å². The molecule has 2 heterocycles. The summed E-state index contributed by atoms with van der Waals surface area (Å²) < 4.78 is 67.8. The van der Waals surface area contributed by atoms with Crippen molar-refractivity contribution in [2.24, 2.45) is 5.11 Å². The summed E-state index contributed by atoms with van der Waals surface area (Å²) in [4.78, 5) is 29.2. The predicted molar refractivity (Wildman–Crippen MR) is 149 cm³/mol. The molecular formula is C25H28N5O10PS. The molecule has 0 spiro atoms. The van der Waals surface area contributed by atoms with Gasteiger partial charge in [-0.25, -0.2) is 17.8 Å². The van der Waals surface area contributed by atoms with Crippen molar-refractivity contribution in [3.05, 3.63) is 97.6 Å². The second-order valence-corrected chi connectivity index (χ2v) is 12.8. The number of azide groups is 1. The number of H-pyrrole nitrogens is 1. The monoisotopic (exact) mass is 621 g/mol. The first-order valence-corrected chi connectivity index (χ1v) is 15.7. The van der Waals surface area contributed by atoms with Gasteiger partial charge in [-0.2, -0.15) is 0 Å². The molecule has 3 aromatic rings. The first kappa shape index (κ1) is 31.0. The van der Waals surface area contributed by atoms with Crippen LogP contribution in [0.15, 0.2) is 80.4 Å². The number of phosphoric ester groups is 1. The highest BCUT2D eigenvalue weighted by Crippen LogP contribution is 2.50. The lowest BCUT2D eigenvalue weighted by Gasteiger charge is -2.22. The standard InChI is InChI=1S/C25H28N5O10PS/c1-17-15-30(25(32)27-24(17)31)23-14-21(28-29-26)22(39-23)16-38-41(33,40-19-10-8-18(36-2)9-11-19)37-12-13-42(34,35)20-6-4-3-5-7-20/h3-11,15,21-23H,12-14,16H2,1-2H3,(H,27,31,32)/t21-,22+,23+,41?/m0/s1. The number of aromatic amines is 1. The summed E-state index contributed by atoms with van der Waals surface area (Å²) in [5.41, 5.74) is 8.04. The van der Waals surface area contributed by atoms with E-state index in [1.165, 1.54) is 44.5 Å². The Kier molecular flexibility index (Phi) is 9.89. The third kappa shape index (κ3) is 7.68. The van der Waals surface area contributed by atoms with Crippen LogP contribution in [0, 0.1) is 6.92 Å². The summed E-state index contributed by atoms with van der Waals surface area (Å²) in [5.74, 6) is 0.0641. The molecule has 0 saturated carbocycles. The Morgan fingerprint density at radius 3 is 2.48 bits per heavy atom. The van der Waals surface area contributed by atoms with E-state index in [4.69, 9.17) is 28.6 Å². The highest BCUT2D eigenvalue weighted by molar-refractivity contribution is 7.91. The minimum atomic E-state index is -4.49. The summed E-state index contributed by atoms with van der Waals surface area (Å²) in [6.07, 6.45) is -0.579. The molecule has 224 valence electrons. The highest BCUT2D eigenvalue weighted by Gasteiger charge is 2.39. The molecule has 0 aliphatic carbocycles. The maximum absolute atomic E-state index is 13.7. The smallest absolute Gasteiger partial charge is 0.497 e. The number of sulfone groups is 1. The quantitative estimate of drug-likeness (QED) is 0.127. The maximum Gasteiger partial charge on any atom is 0.530 e. The molecule has 1 aliphatic heterocycles. The lowest BCUT2D eigenvalue weighted by Crippen LogP contribution is -2.33. The molecule has 42 heavy (non-hydrogen) atoms. The van der Waals surface area contributed by atoms with E-state index >= 15 is 0 Å². The average molecular weight is 622 g/mol. The second kappa shape index (κ2) is 13.4. The molecule has 15 nitrogen and oxygen atoms in total. The van der Waals surface area contributed by atoms with Gasteiger partial charge < -0.3 is 14.0 Å². The number of methoxy groups -OCH3 is 1. The minimum absolute atomic E-state index is 0.0449. The number of rotatable bonds is 13. The Morgan fingerprint density at radius 2 is 1.81 bits per heavy atom. The molecule has 0 amide bonds. The number of nitrogens with zero attached hydrogens (tertiary/aromatic N) is 4. The van der Waals surface area contributed by atoms with E-state index in [0.29, 0.717) is 5.75 Å². The molecule has 0 radical (unpaired) electrons. The third-order valence-corrected chi connectivity index (χ3v) is 9.33. The van der Waals surface area contributed by atoms with Crippen LogP contribution in [0.4, 0.5) is 0 Å². The Labute approximate surface area is 240 Å². The van der Waals surface area contributed by atoms with E-state index in [1.54, 1.807) is 30.3 Å². The van der Waals surface area contributed by atoms with Crippen LogP contribution in [-0.4, -0.2) is 56.2 Å².